The van der Waals surface area contributed by atoms with E-state index in [1.165, 1.54) is 24.0 Å². The molecule has 2 aliphatic heterocycles. The number of ether oxygens (including phenoxy) is 2. The van der Waals surface area contributed by atoms with E-state index in [1.54, 1.807) is 6.26 Å². The summed E-state index contributed by atoms with van der Waals surface area (Å²) in [5.74, 6) is 0. The summed E-state index contributed by atoms with van der Waals surface area (Å²) >= 11 is 1.17. The molecule has 11 atom stereocenters. The van der Waals surface area contributed by atoms with Crippen LogP contribution in [0.5, 0.6) is 0 Å². The van der Waals surface area contributed by atoms with Crippen molar-refractivity contribution in [2.45, 2.75) is 60.3 Å². The monoisotopic (exact) mass is 640 g/mol. The Balaban J connectivity index is 0.00000380. The Labute approximate surface area is 269 Å². The average Bonchev–Trinajstić information content (AvgIpc) is 3.10. The second kappa shape index (κ2) is 15.8. The van der Waals surface area contributed by atoms with E-state index in [9.17, 15) is 49.2 Å². The van der Waals surface area contributed by atoms with E-state index in [0.717, 1.165) is 4.57 Å². The number of rotatable bonds is 10. The molecule has 1 aromatic heterocycles. The number of hydrogen-bond acceptors (Lipinski definition) is 18. The Morgan fingerprint density at radius 2 is 1.62 bits per heavy atom. The Bertz CT molecular complexity index is 1100. The molecule has 0 amide bonds. The second-order valence-electron chi connectivity index (χ2n) is 7.78. The summed E-state index contributed by atoms with van der Waals surface area (Å²) in [5.41, 5.74) is -0.833. The maximum Gasteiger partial charge on any atom is 1.00 e. The zero-order valence-corrected chi connectivity index (χ0v) is 27.3. The molecule has 1 aromatic rings. The summed E-state index contributed by atoms with van der Waals surface area (Å²) in [6.45, 7) is -1.99. The first-order valence-corrected chi connectivity index (χ1v) is 14.5. The van der Waals surface area contributed by atoms with Crippen LogP contribution in [0.4, 0.5) is 0 Å². The van der Waals surface area contributed by atoms with Gasteiger partial charge in [-0.2, -0.15) is 4.98 Å². The molecule has 2 unspecified atom stereocenters. The van der Waals surface area contributed by atoms with Crippen LogP contribution in [0.1, 0.15) is 6.23 Å². The fraction of sp³-hybridized carbons (Fsp3) is 0.750. The van der Waals surface area contributed by atoms with Crippen molar-refractivity contribution < 1.29 is 132 Å². The predicted molar refractivity (Wildman–Crippen MR) is 113 cm³/mol. The zero-order chi connectivity index (χ0) is 27.7. The van der Waals surface area contributed by atoms with Gasteiger partial charge in [0.25, 0.3) is 15.6 Å². The average molecular weight is 640 g/mol. The molecule has 0 saturated carbocycles. The number of aliphatic hydroxyl groups excluding tert-OH is 6. The molecule has 3 heterocycles. The number of aliphatic hydroxyl groups is 6. The molecule has 212 valence electrons. The molecule has 0 radical (unpaired) electrons. The van der Waals surface area contributed by atoms with Crippen LogP contribution in [0.3, 0.4) is 0 Å². The second-order valence-corrected chi connectivity index (χ2v) is 11.5. The Kier molecular flexibility index (Phi) is 15.4. The topological polar surface area (TPSA) is 283 Å². The zero-order valence-electron chi connectivity index (χ0n) is 20.7. The van der Waals surface area contributed by atoms with Crippen LogP contribution in [0.15, 0.2) is 22.1 Å². The van der Waals surface area contributed by atoms with Crippen molar-refractivity contribution >= 4 is 27.4 Å². The number of phosphoric ester groups is 2. The smallest absolute Gasteiger partial charge is 0.756 e. The molecule has 0 aromatic carbocycles. The molecule has 0 aliphatic carbocycles. The van der Waals surface area contributed by atoms with Crippen molar-refractivity contribution in [3.05, 3.63) is 22.7 Å². The number of aromatic nitrogens is 2. The van der Waals surface area contributed by atoms with Crippen LogP contribution in [0.2, 0.25) is 0 Å². The first-order chi connectivity index (χ1) is 17.2. The molecule has 2 aliphatic rings. The van der Waals surface area contributed by atoms with Gasteiger partial charge in [0, 0.05) is 6.20 Å². The van der Waals surface area contributed by atoms with Crippen molar-refractivity contribution in [1.82, 2.24) is 9.55 Å². The molecule has 2 saturated heterocycles. The third-order valence-corrected chi connectivity index (χ3v) is 8.48. The van der Waals surface area contributed by atoms with E-state index in [-0.39, 0.29) is 59.1 Å². The molecule has 18 nitrogen and oxygen atoms in total. The van der Waals surface area contributed by atoms with Gasteiger partial charge in [0.05, 0.1) is 13.2 Å². The first-order valence-electron chi connectivity index (χ1n) is 10.3. The molecule has 6 N–H and O–H groups in total. The number of phosphoric acid groups is 2. The van der Waals surface area contributed by atoms with E-state index >= 15 is 0 Å². The minimum Gasteiger partial charge on any atom is -0.756 e. The Morgan fingerprint density at radius 1 is 1.00 bits per heavy atom. The van der Waals surface area contributed by atoms with Crippen LogP contribution in [-0.2, 0) is 32.0 Å². The van der Waals surface area contributed by atoms with Gasteiger partial charge in [-0.05, 0) is 12.3 Å². The third-order valence-electron chi connectivity index (χ3n) is 5.30. The molecular formula is C16H24N2Na2O16P2S. The van der Waals surface area contributed by atoms with Crippen LogP contribution in [0.25, 0.3) is 0 Å². The van der Waals surface area contributed by atoms with Crippen molar-refractivity contribution in [1.29, 1.82) is 0 Å². The SMILES string of the molecule is CSc1ccn([C@@H]2O[C@H](COP(=O)([O-])OP(=O)([O-])O[C@H]3O[C@H](CO)[C@@H](O)[C@H](O)[C@H]3O)[C@@H](O)[C@H]2O)c(=O)n1.[Na+].[Na+]. The standard InChI is InChI=1S/C16H26N2O16P2S.2Na/c1-37-8-2-3-18(16(25)17-8)14-12(23)10(21)7(31-14)5-30-35(26,27)34-36(28,29)33-15-13(24)11(22)9(20)6(4-19)32-15;;/h2-3,6-7,9-15,19-24H,4-5H2,1H3,(H,26,27)(H,28,29);;/q;2*+1/p-2/t6-,7-,9-,10-,11+,12-,13-,14-,15-;;/m1../s1. The fourth-order valence-electron chi connectivity index (χ4n) is 3.41. The molecule has 23 heteroatoms. The first kappa shape index (κ1) is 38.2. The third kappa shape index (κ3) is 9.58. The van der Waals surface area contributed by atoms with Gasteiger partial charge in [-0.15, -0.1) is 11.8 Å². The fourth-order valence-corrected chi connectivity index (χ4v) is 5.86. The molecular weight excluding hydrogens is 616 g/mol. The van der Waals surface area contributed by atoms with Gasteiger partial charge in [0.2, 0.25) is 0 Å². The predicted octanol–water partition coefficient (Wildman–Crippen LogP) is -10.6. The number of nitrogens with zero attached hydrogens (tertiary/aromatic N) is 2. The summed E-state index contributed by atoms with van der Waals surface area (Å²) < 4.78 is 47.6. The molecule has 39 heavy (non-hydrogen) atoms. The summed E-state index contributed by atoms with van der Waals surface area (Å²) in [6.07, 6.45) is -13.5. The van der Waals surface area contributed by atoms with Gasteiger partial charge in [-0.25, -0.2) is 9.11 Å². The van der Waals surface area contributed by atoms with Crippen molar-refractivity contribution in [2.24, 2.45) is 0 Å². The minimum absolute atomic E-state index is 0. The summed E-state index contributed by atoms with van der Waals surface area (Å²) in [5, 5.41) is 59.1. The molecule has 2 fully saturated rings. The van der Waals surface area contributed by atoms with E-state index in [2.05, 4.69) is 18.3 Å². The van der Waals surface area contributed by atoms with Crippen molar-refractivity contribution in [3.63, 3.8) is 0 Å². The Morgan fingerprint density at radius 3 is 2.18 bits per heavy atom. The van der Waals surface area contributed by atoms with Gasteiger partial charge in [0.15, 0.2) is 12.5 Å². The van der Waals surface area contributed by atoms with Gasteiger partial charge in [-0.3, -0.25) is 18.2 Å². The molecule has 3 rings (SSSR count). The van der Waals surface area contributed by atoms with Crippen molar-refractivity contribution in [3.8, 4) is 0 Å². The van der Waals surface area contributed by atoms with Crippen LogP contribution >= 0.6 is 27.4 Å². The van der Waals surface area contributed by atoms with E-state index < -0.39 is 89.8 Å². The van der Waals surface area contributed by atoms with Crippen molar-refractivity contribution in [2.75, 3.05) is 19.5 Å². The normalized spacial score (nSPS) is 35.8. The number of hydrogen-bond donors (Lipinski definition) is 6. The van der Waals surface area contributed by atoms with Gasteiger partial charge >= 0.3 is 64.8 Å². The minimum atomic E-state index is -5.88. The number of thioether (sulfide) groups is 1. The van der Waals surface area contributed by atoms with E-state index in [0.29, 0.717) is 5.03 Å². The van der Waals surface area contributed by atoms with Gasteiger partial charge in [-0.1, -0.05) is 0 Å². The maximum atomic E-state index is 12.2. The molecule has 0 bridgehead atoms. The van der Waals surface area contributed by atoms with Crippen LogP contribution < -0.4 is 74.6 Å². The largest absolute Gasteiger partial charge is 1.00 e. The van der Waals surface area contributed by atoms with Crippen LogP contribution in [-0.4, -0.2) is 109 Å². The van der Waals surface area contributed by atoms with Gasteiger partial charge in [0.1, 0.15) is 47.8 Å². The Hall–Kier alpha value is 1.17. The van der Waals surface area contributed by atoms with Crippen LogP contribution in [0, 0.1) is 0 Å². The van der Waals surface area contributed by atoms with E-state index in [1.807, 2.05) is 0 Å². The quantitative estimate of drug-likeness (QED) is 0.0599. The molecule has 0 spiro atoms. The van der Waals surface area contributed by atoms with Gasteiger partial charge < -0.3 is 54.4 Å². The summed E-state index contributed by atoms with van der Waals surface area (Å²) in [7, 11) is -11.7. The summed E-state index contributed by atoms with van der Waals surface area (Å²) in [4.78, 5) is 40.0. The maximum absolute atomic E-state index is 12.2. The summed E-state index contributed by atoms with van der Waals surface area (Å²) in [6, 6.07) is 1.43. The van der Waals surface area contributed by atoms with E-state index in [4.69, 9.17) is 14.6 Å².